The highest BCUT2D eigenvalue weighted by Gasteiger charge is 2.22. The quantitative estimate of drug-likeness (QED) is 0.776. The average Bonchev–Trinajstić information content (AvgIpc) is 2.50. The van der Waals surface area contributed by atoms with Crippen molar-refractivity contribution in [2.24, 2.45) is 5.92 Å². The van der Waals surface area contributed by atoms with E-state index in [1.165, 1.54) is 5.56 Å². The number of hydrogen-bond donors (Lipinski definition) is 1. The number of hydrogen-bond acceptors (Lipinski definition) is 1. The first-order chi connectivity index (χ1) is 6.65. The van der Waals surface area contributed by atoms with Crippen LogP contribution < -0.4 is 5.32 Å². The van der Waals surface area contributed by atoms with E-state index in [1.807, 2.05) is 12.1 Å². The van der Waals surface area contributed by atoms with Gasteiger partial charge in [-0.05, 0) is 42.6 Å². The van der Waals surface area contributed by atoms with Crippen molar-refractivity contribution in [3.05, 3.63) is 33.8 Å². The van der Waals surface area contributed by atoms with Crippen molar-refractivity contribution in [2.45, 2.75) is 19.4 Å². The lowest BCUT2D eigenvalue weighted by Crippen LogP contribution is -2.13. The molecule has 1 aromatic rings. The van der Waals surface area contributed by atoms with Crippen molar-refractivity contribution in [1.82, 2.24) is 5.32 Å². The monoisotopic (exact) mass is 229 g/mol. The average molecular weight is 230 g/mol. The fraction of sp³-hybridized carbons (Fsp3) is 0.455. The van der Waals surface area contributed by atoms with Crippen molar-refractivity contribution in [1.29, 1.82) is 0 Å². The lowest BCUT2D eigenvalue weighted by Gasteiger charge is -2.11. The largest absolute Gasteiger partial charge is 0.310 e. The molecule has 1 heterocycles. The van der Waals surface area contributed by atoms with Crippen LogP contribution in [-0.4, -0.2) is 6.54 Å². The summed E-state index contributed by atoms with van der Waals surface area (Å²) in [4.78, 5) is 0. The zero-order valence-corrected chi connectivity index (χ0v) is 9.57. The number of nitrogens with one attached hydrogen (secondary N) is 1. The Labute approximate surface area is 94.4 Å². The minimum Gasteiger partial charge on any atom is -0.310 e. The minimum atomic E-state index is 0.418. The van der Waals surface area contributed by atoms with Gasteiger partial charge in [-0.1, -0.05) is 30.1 Å². The lowest BCUT2D eigenvalue weighted by molar-refractivity contribution is 0.612. The fourth-order valence-corrected chi connectivity index (χ4v) is 2.49. The smallest absolute Gasteiger partial charge is 0.0424 e. The summed E-state index contributed by atoms with van der Waals surface area (Å²) in [5.74, 6) is 0.734. The second kappa shape index (κ2) is 4.09. The van der Waals surface area contributed by atoms with Crippen molar-refractivity contribution in [3.8, 4) is 0 Å². The van der Waals surface area contributed by atoms with E-state index in [2.05, 4.69) is 12.2 Å². The van der Waals surface area contributed by atoms with E-state index in [0.29, 0.717) is 16.1 Å². The highest BCUT2D eigenvalue weighted by Crippen LogP contribution is 2.30. The Morgan fingerprint density at radius 2 is 1.86 bits per heavy atom. The van der Waals surface area contributed by atoms with Crippen LogP contribution >= 0.6 is 23.2 Å². The number of halogens is 2. The maximum absolute atomic E-state index is 5.95. The van der Waals surface area contributed by atoms with E-state index in [9.17, 15) is 0 Å². The summed E-state index contributed by atoms with van der Waals surface area (Å²) in [6.07, 6.45) is 1.16. The molecule has 1 saturated heterocycles. The Morgan fingerprint density at radius 3 is 2.36 bits per heavy atom. The predicted octanol–water partition coefficient (Wildman–Crippen LogP) is 3.66. The molecule has 1 aliphatic heterocycles. The van der Waals surface area contributed by atoms with Crippen molar-refractivity contribution < 1.29 is 0 Å². The minimum absolute atomic E-state index is 0.418. The molecule has 1 fully saturated rings. The Kier molecular flexibility index (Phi) is 3.01. The standard InChI is InChI=1S/C11H13Cl2N/c1-7-2-11(14-6-7)8-3-9(12)5-10(13)4-8/h3-5,7,11,14H,2,6H2,1H3/t7-,11-/m1/s1. The van der Waals surface area contributed by atoms with Crippen LogP contribution in [0, 0.1) is 5.92 Å². The van der Waals surface area contributed by atoms with Crippen molar-refractivity contribution >= 4 is 23.2 Å². The van der Waals surface area contributed by atoms with Gasteiger partial charge in [0.25, 0.3) is 0 Å². The van der Waals surface area contributed by atoms with Gasteiger partial charge in [-0.25, -0.2) is 0 Å². The molecule has 3 heteroatoms. The summed E-state index contributed by atoms with van der Waals surface area (Å²) in [6, 6.07) is 6.17. The molecule has 2 atom stereocenters. The molecule has 0 saturated carbocycles. The van der Waals surface area contributed by atoms with Crippen molar-refractivity contribution in [2.75, 3.05) is 6.54 Å². The summed E-state index contributed by atoms with van der Waals surface area (Å²) < 4.78 is 0. The number of benzene rings is 1. The lowest BCUT2D eigenvalue weighted by atomic mass is 10.0. The third-order valence-corrected chi connectivity index (χ3v) is 3.07. The molecule has 1 aliphatic rings. The van der Waals surface area contributed by atoms with Crippen LogP contribution in [0.3, 0.4) is 0 Å². The molecule has 1 N–H and O–H groups in total. The summed E-state index contributed by atoms with van der Waals surface area (Å²) in [5.41, 5.74) is 1.20. The Balaban J connectivity index is 2.23. The van der Waals surface area contributed by atoms with E-state index in [0.717, 1.165) is 18.9 Å². The molecule has 76 valence electrons. The zero-order chi connectivity index (χ0) is 10.1. The van der Waals surface area contributed by atoms with Crippen LogP contribution in [0.5, 0.6) is 0 Å². The van der Waals surface area contributed by atoms with E-state index in [4.69, 9.17) is 23.2 Å². The highest BCUT2D eigenvalue weighted by molar-refractivity contribution is 6.34. The van der Waals surface area contributed by atoms with Crippen LogP contribution in [0.2, 0.25) is 10.0 Å². The highest BCUT2D eigenvalue weighted by atomic mass is 35.5. The Hall–Kier alpha value is -0.240. The van der Waals surface area contributed by atoms with Gasteiger partial charge in [0.15, 0.2) is 0 Å². The summed E-state index contributed by atoms with van der Waals surface area (Å²) in [5, 5.41) is 4.89. The summed E-state index contributed by atoms with van der Waals surface area (Å²) in [7, 11) is 0. The van der Waals surface area contributed by atoms with Gasteiger partial charge in [0, 0.05) is 16.1 Å². The van der Waals surface area contributed by atoms with E-state index in [-0.39, 0.29) is 0 Å². The van der Waals surface area contributed by atoms with Gasteiger partial charge in [-0.3, -0.25) is 0 Å². The third-order valence-electron chi connectivity index (χ3n) is 2.64. The molecule has 0 unspecified atom stereocenters. The third kappa shape index (κ3) is 2.22. The van der Waals surface area contributed by atoms with Crippen LogP contribution in [0.1, 0.15) is 24.9 Å². The molecule has 0 aromatic heterocycles. The number of rotatable bonds is 1. The SMILES string of the molecule is C[C@H]1CN[C@@H](c2cc(Cl)cc(Cl)c2)C1. The molecule has 0 amide bonds. The van der Waals surface area contributed by atoms with Gasteiger partial charge in [0.2, 0.25) is 0 Å². The van der Waals surface area contributed by atoms with Crippen LogP contribution in [0.25, 0.3) is 0 Å². The fourth-order valence-electron chi connectivity index (χ4n) is 1.94. The van der Waals surface area contributed by atoms with Gasteiger partial charge in [-0.2, -0.15) is 0 Å². The zero-order valence-electron chi connectivity index (χ0n) is 8.06. The predicted molar refractivity (Wildman–Crippen MR) is 61.0 cm³/mol. The van der Waals surface area contributed by atoms with E-state index >= 15 is 0 Å². The van der Waals surface area contributed by atoms with Gasteiger partial charge in [-0.15, -0.1) is 0 Å². The summed E-state index contributed by atoms with van der Waals surface area (Å²) >= 11 is 11.9. The molecular weight excluding hydrogens is 217 g/mol. The van der Waals surface area contributed by atoms with Crippen LogP contribution in [0.4, 0.5) is 0 Å². The van der Waals surface area contributed by atoms with Crippen molar-refractivity contribution in [3.63, 3.8) is 0 Å². The van der Waals surface area contributed by atoms with Crippen LogP contribution in [0.15, 0.2) is 18.2 Å². The second-order valence-electron chi connectivity index (χ2n) is 4.00. The first-order valence-corrected chi connectivity index (χ1v) is 5.60. The second-order valence-corrected chi connectivity index (χ2v) is 4.88. The Bertz CT molecular complexity index is 318. The van der Waals surface area contributed by atoms with Gasteiger partial charge >= 0.3 is 0 Å². The van der Waals surface area contributed by atoms with E-state index in [1.54, 1.807) is 6.07 Å². The molecule has 1 aromatic carbocycles. The molecule has 0 spiro atoms. The van der Waals surface area contributed by atoms with E-state index < -0.39 is 0 Å². The van der Waals surface area contributed by atoms with Gasteiger partial charge in [0.05, 0.1) is 0 Å². The maximum Gasteiger partial charge on any atom is 0.0424 e. The summed E-state index contributed by atoms with van der Waals surface area (Å²) in [6.45, 7) is 3.33. The molecule has 14 heavy (non-hydrogen) atoms. The first-order valence-electron chi connectivity index (χ1n) is 4.84. The van der Waals surface area contributed by atoms with Gasteiger partial charge < -0.3 is 5.32 Å². The molecular formula is C11H13Cl2N. The van der Waals surface area contributed by atoms with Gasteiger partial charge in [0.1, 0.15) is 0 Å². The first kappa shape index (κ1) is 10.3. The molecule has 0 aliphatic carbocycles. The normalized spacial score (nSPS) is 26.8. The Morgan fingerprint density at radius 1 is 1.21 bits per heavy atom. The molecule has 0 radical (unpaired) electrons. The molecule has 1 nitrogen and oxygen atoms in total. The maximum atomic E-state index is 5.95. The topological polar surface area (TPSA) is 12.0 Å². The van der Waals surface area contributed by atoms with Crippen LogP contribution in [-0.2, 0) is 0 Å². The molecule has 2 rings (SSSR count). The molecule has 0 bridgehead atoms.